The molecule has 2 N–H and O–H groups in total. The van der Waals surface area contributed by atoms with E-state index < -0.39 is 0 Å². The van der Waals surface area contributed by atoms with E-state index in [0.29, 0.717) is 64.1 Å². The molecule has 0 radical (unpaired) electrons. The number of anilines is 2. The monoisotopic (exact) mass is 596 g/mol. The van der Waals surface area contributed by atoms with Gasteiger partial charge in [0.25, 0.3) is 5.56 Å². The van der Waals surface area contributed by atoms with Crippen molar-refractivity contribution in [1.29, 1.82) is 0 Å². The maximum absolute atomic E-state index is 13.2. The Hall–Kier alpha value is -4.03. The summed E-state index contributed by atoms with van der Waals surface area (Å²) in [6.07, 6.45) is 2.50. The van der Waals surface area contributed by atoms with Crippen LogP contribution in [0.3, 0.4) is 0 Å². The maximum atomic E-state index is 13.2. The number of amides is 2. The molecule has 4 aromatic rings. The number of carbonyl (C=O) groups excluding carboxylic acids is 2. The van der Waals surface area contributed by atoms with Gasteiger partial charge >= 0.3 is 0 Å². The van der Waals surface area contributed by atoms with E-state index in [-0.39, 0.29) is 23.1 Å². The number of ether oxygens (including phenoxy) is 3. The molecule has 0 saturated heterocycles. The number of unbranched alkanes of at least 4 members (excludes halogenated alkanes) is 2. The van der Waals surface area contributed by atoms with E-state index in [1.807, 2.05) is 5.38 Å². The van der Waals surface area contributed by atoms with Crippen LogP contribution in [0.15, 0.2) is 63.9 Å². The number of benzene rings is 2. The van der Waals surface area contributed by atoms with Crippen molar-refractivity contribution >= 4 is 56.5 Å². The van der Waals surface area contributed by atoms with Crippen LogP contribution in [0, 0.1) is 0 Å². The molecule has 0 aliphatic rings. The Bertz CT molecular complexity index is 1550. The van der Waals surface area contributed by atoms with Crippen LogP contribution in [0.25, 0.3) is 10.2 Å². The van der Waals surface area contributed by atoms with E-state index in [4.69, 9.17) is 14.2 Å². The van der Waals surface area contributed by atoms with Gasteiger partial charge in [0.2, 0.25) is 11.8 Å². The molecule has 10 nitrogen and oxygen atoms in total. The van der Waals surface area contributed by atoms with Crippen LogP contribution in [-0.4, -0.2) is 48.4 Å². The first kappa shape index (κ1) is 29.9. The Labute approximate surface area is 246 Å². The molecule has 216 valence electrons. The summed E-state index contributed by atoms with van der Waals surface area (Å²) in [6.45, 7) is 0.441. The highest BCUT2D eigenvalue weighted by molar-refractivity contribution is 7.99. The van der Waals surface area contributed by atoms with Gasteiger partial charge in [-0.2, -0.15) is 0 Å². The predicted molar refractivity (Wildman–Crippen MR) is 163 cm³/mol. The van der Waals surface area contributed by atoms with E-state index in [1.165, 1.54) is 30.2 Å². The van der Waals surface area contributed by atoms with Crippen molar-refractivity contribution in [2.24, 2.45) is 0 Å². The van der Waals surface area contributed by atoms with E-state index >= 15 is 0 Å². The summed E-state index contributed by atoms with van der Waals surface area (Å²) in [5.41, 5.74) is 1.73. The second kappa shape index (κ2) is 14.6. The second-order valence-electron chi connectivity index (χ2n) is 8.98. The molecule has 0 fully saturated rings. The van der Waals surface area contributed by atoms with Gasteiger partial charge in [-0.3, -0.25) is 19.0 Å². The topological polar surface area (TPSA) is 121 Å². The number of thiophene rings is 1. The lowest BCUT2D eigenvalue weighted by atomic mass is 10.2. The van der Waals surface area contributed by atoms with Crippen LogP contribution in [0.2, 0.25) is 0 Å². The van der Waals surface area contributed by atoms with Crippen LogP contribution in [-0.2, 0) is 16.1 Å². The third-order valence-corrected chi connectivity index (χ3v) is 8.07. The first-order chi connectivity index (χ1) is 19.9. The van der Waals surface area contributed by atoms with Crippen molar-refractivity contribution in [2.75, 3.05) is 37.7 Å². The number of nitrogens with one attached hydrogen (secondary N) is 2. The standard InChI is InChI=1S/C29H32N4O6S2/c1-37-20-10-8-19(9-11-20)30-25(34)7-5-4-6-15-33-28(36)27-23(14-16-40-27)32-29(33)41-18-26(35)31-22-13-12-21(38-2)17-24(22)39-3/h8-14,16-17H,4-7,15,18H2,1-3H3,(H,30,34)(H,31,35). The summed E-state index contributed by atoms with van der Waals surface area (Å²) in [5, 5.41) is 8.04. The first-order valence-electron chi connectivity index (χ1n) is 13.0. The van der Waals surface area contributed by atoms with Crippen LogP contribution < -0.4 is 30.4 Å². The van der Waals surface area contributed by atoms with Gasteiger partial charge in [-0.1, -0.05) is 18.2 Å². The van der Waals surface area contributed by atoms with Crippen molar-refractivity contribution in [3.8, 4) is 17.2 Å². The molecule has 0 bridgehead atoms. The number of carbonyl (C=O) groups is 2. The lowest BCUT2D eigenvalue weighted by Gasteiger charge is -2.13. The minimum absolute atomic E-state index is 0.0583. The highest BCUT2D eigenvalue weighted by Gasteiger charge is 2.15. The number of methoxy groups -OCH3 is 3. The van der Waals surface area contributed by atoms with E-state index in [1.54, 1.807) is 67.3 Å². The largest absolute Gasteiger partial charge is 0.497 e. The molecule has 41 heavy (non-hydrogen) atoms. The Morgan fingerprint density at radius 2 is 1.66 bits per heavy atom. The quantitative estimate of drug-likeness (QED) is 0.113. The fraction of sp³-hybridized carbons (Fsp3) is 0.310. The SMILES string of the molecule is COc1ccc(NC(=O)CCCCCn2c(SCC(=O)Nc3ccc(OC)cc3OC)nc3ccsc3c2=O)cc1. The van der Waals surface area contributed by atoms with Gasteiger partial charge in [-0.25, -0.2) is 4.98 Å². The normalized spacial score (nSPS) is 10.8. The summed E-state index contributed by atoms with van der Waals surface area (Å²) < 4.78 is 17.9. The molecule has 12 heteroatoms. The summed E-state index contributed by atoms with van der Waals surface area (Å²) in [4.78, 5) is 43.0. The number of hydrogen-bond donors (Lipinski definition) is 2. The first-order valence-corrected chi connectivity index (χ1v) is 14.8. The highest BCUT2D eigenvalue weighted by atomic mass is 32.2. The number of thioether (sulfide) groups is 1. The molecule has 2 amide bonds. The van der Waals surface area contributed by atoms with Crippen LogP contribution in [0.5, 0.6) is 17.2 Å². The second-order valence-corrected chi connectivity index (χ2v) is 10.8. The Balaban J connectivity index is 1.33. The maximum Gasteiger partial charge on any atom is 0.272 e. The Morgan fingerprint density at radius 1 is 0.902 bits per heavy atom. The molecular weight excluding hydrogens is 564 g/mol. The molecule has 0 spiro atoms. The number of nitrogens with zero attached hydrogens (tertiary/aromatic N) is 2. The van der Waals surface area contributed by atoms with Crippen molar-refractivity contribution in [2.45, 2.75) is 37.4 Å². The fourth-order valence-corrected chi connectivity index (χ4v) is 5.68. The van der Waals surface area contributed by atoms with Gasteiger partial charge in [0.05, 0.1) is 38.3 Å². The molecule has 2 aromatic carbocycles. The zero-order valence-electron chi connectivity index (χ0n) is 23.1. The van der Waals surface area contributed by atoms with Crippen molar-refractivity contribution in [3.05, 3.63) is 64.3 Å². The number of fused-ring (bicyclic) bond motifs is 1. The van der Waals surface area contributed by atoms with Crippen molar-refractivity contribution in [1.82, 2.24) is 9.55 Å². The van der Waals surface area contributed by atoms with E-state index in [9.17, 15) is 14.4 Å². The molecule has 0 saturated carbocycles. The number of aromatic nitrogens is 2. The molecule has 0 atom stereocenters. The van der Waals surface area contributed by atoms with Crippen molar-refractivity contribution < 1.29 is 23.8 Å². The zero-order valence-corrected chi connectivity index (χ0v) is 24.7. The van der Waals surface area contributed by atoms with E-state index in [2.05, 4.69) is 15.6 Å². The van der Waals surface area contributed by atoms with Gasteiger partial charge in [0.1, 0.15) is 21.9 Å². The number of hydrogen-bond acceptors (Lipinski definition) is 9. The smallest absolute Gasteiger partial charge is 0.272 e. The molecule has 2 aromatic heterocycles. The molecule has 0 unspecified atom stereocenters. The van der Waals surface area contributed by atoms with Gasteiger partial charge in [0.15, 0.2) is 5.16 Å². The van der Waals surface area contributed by atoms with Crippen LogP contribution >= 0.6 is 23.1 Å². The third kappa shape index (κ3) is 8.01. The number of rotatable bonds is 14. The Morgan fingerprint density at radius 3 is 2.39 bits per heavy atom. The van der Waals surface area contributed by atoms with Gasteiger partial charge in [-0.15, -0.1) is 11.3 Å². The van der Waals surface area contributed by atoms with Gasteiger partial charge in [0, 0.05) is 24.7 Å². The summed E-state index contributed by atoms with van der Waals surface area (Å²) >= 11 is 2.56. The fourth-order valence-electron chi connectivity index (χ4n) is 4.08. The molecule has 2 heterocycles. The zero-order chi connectivity index (χ0) is 29.2. The average Bonchev–Trinajstić information content (AvgIpc) is 3.46. The Kier molecular flexibility index (Phi) is 10.6. The summed E-state index contributed by atoms with van der Waals surface area (Å²) in [6, 6.07) is 14.1. The molecular formula is C29H32N4O6S2. The molecule has 0 aliphatic carbocycles. The lowest BCUT2D eigenvalue weighted by Crippen LogP contribution is -2.24. The predicted octanol–water partition coefficient (Wildman–Crippen LogP) is 5.41. The summed E-state index contributed by atoms with van der Waals surface area (Å²) in [7, 11) is 4.67. The minimum atomic E-state index is -0.257. The molecule has 4 rings (SSSR count). The third-order valence-electron chi connectivity index (χ3n) is 6.21. The average molecular weight is 597 g/mol. The van der Waals surface area contributed by atoms with Crippen molar-refractivity contribution in [3.63, 3.8) is 0 Å². The van der Waals surface area contributed by atoms with E-state index in [0.717, 1.165) is 12.2 Å². The van der Waals surface area contributed by atoms with Crippen LogP contribution in [0.1, 0.15) is 25.7 Å². The van der Waals surface area contributed by atoms with Crippen LogP contribution in [0.4, 0.5) is 11.4 Å². The van der Waals surface area contributed by atoms with Gasteiger partial charge in [-0.05, 0) is 60.7 Å². The summed E-state index contributed by atoms with van der Waals surface area (Å²) in [5.74, 6) is 1.56. The minimum Gasteiger partial charge on any atom is -0.497 e. The lowest BCUT2D eigenvalue weighted by molar-refractivity contribution is -0.116. The highest BCUT2D eigenvalue weighted by Crippen LogP contribution is 2.29. The van der Waals surface area contributed by atoms with Gasteiger partial charge < -0.3 is 24.8 Å². The molecule has 0 aliphatic heterocycles.